The van der Waals surface area contributed by atoms with E-state index in [4.69, 9.17) is 4.74 Å². The van der Waals surface area contributed by atoms with Gasteiger partial charge in [-0.1, -0.05) is 36.4 Å². The lowest BCUT2D eigenvalue weighted by Gasteiger charge is -2.08. The Morgan fingerprint density at radius 2 is 1.90 bits per heavy atom. The van der Waals surface area contributed by atoms with E-state index in [-0.39, 0.29) is 5.91 Å². The van der Waals surface area contributed by atoms with Crippen molar-refractivity contribution in [1.82, 2.24) is 15.0 Å². The van der Waals surface area contributed by atoms with Crippen molar-refractivity contribution < 1.29 is 9.53 Å². The Hall–Kier alpha value is -3.93. The largest absolute Gasteiger partial charge is 0.492 e. The fourth-order valence-electron chi connectivity index (χ4n) is 3.06. The summed E-state index contributed by atoms with van der Waals surface area (Å²) in [6.07, 6.45) is 6.80. The summed E-state index contributed by atoms with van der Waals surface area (Å²) in [5.74, 6) is 0.554. The first-order valence-corrected chi connectivity index (χ1v) is 9.30. The van der Waals surface area contributed by atoms with E-state index < -0.39 is 0 Å². The van der Waals surface area contributed by atoms with Gasteiger partial charge in [0.05, 0.1) is 18.3 Å². The van der Waals surface area contributed by atoms with Gasteiger partial charge in [0.2, 0.25) is 0 Å². The zero-order valence-electron chi connectivity index (χ0n) is 15.7. The van der Waals surface area contributed by atoms with Crippen molar-refractivity contribution >= 4 is 23.0 Å². The van der Waals surface area contributed by atoms with E-state index in [9.17, 15) is 4.79 Å². The summed E-state index contributed by atoms with van der Waals surface area (Å²) in [5, 5.41) is 5.17. The Kier molecular flexibility index (Phi) is 5.62. The van der Waals surface area contributed by atoms with E-state index in [2.05, 4.69) is 26.1 Å². The molecule has 0 aliphatic carbocycles. The molecule has 0 atom stereocenters. The Morgan fingerprint density at radius 3 is 2.72 bits per heavy atom. The number of aromatic nitrogens is 2. The monoisotopic (exact) mass is 384 g/mol. The minimum atomic E-state index is -0.297. The highest BCUT2D eigenvalue weighted by molar-refractivity contribution is 6.00. The van der Waals surface area contributed by atoms with Crippen molar-refractivity contribution in [1.29, 1.82) is 0 Å². The van der Waals surface area contributed by atoms with Gasteiger partial charge in [-0.2, -0.15) is 5.10 Å². The van der Waals surface area contributed by atoms with Crippen molar-refractivity contribution in [2.24, 2.45) is 5.10 Å². The second-order valence-electron chi connectivity index (χ2n) is 6.40. The third kappa shape index (κ3) is 4.50. The number of pyridine rings is 1. The van der Waals surface area contributed by atoms with Crippen LogP contribution >= 0.6 is 0 Å². The van der Waals surface area contributed by atoms with Crippen LogP contribution in [0.25, 0.3) is 10.9 Å². The van der Waals surface area contributed by atoms with Crippen molar-refractivity contribution in [2.75, 3.05) is 6.61 Å². The molecule has 4 aromatic rings. The predicted molar refractivity (Wildman–Crippen MR) is 113 cm³/mol. The molecule has 2 heterocycles. The molecule has 2 aromatic heterocycles. The number of hydrazone groups is 1. The fourth-order valence-corrected chi connectivity index (χ4v) is 3.06. The lowest BCUT2D eigenvalue weighted by Crippen LogP contribution is -2.17. The van der Waals surface area contributed by atoms with Crippen LogP contribution in [0.4, 0.5) is 0 Å². The lowest BCUT2D eigenvalue weighted by atomic mass is 10.2. The van der Waals surface area contributed by atoms with Crippen molar-refractivity contribution in [2.45, 2.75) is 6.54 Å². The third-order valence-electron chi connectivity index (χ3n) is 4.46. The number of hydrogen-bond acceptors (Lipinski definition) is 4. The molecule has 0 unspecified atom stereocenters. The van der Waals surface area contributed by atoms with Crippen LogP contribution in [0.3, 0.4) is 0 Å². The maximum Gasteiger partial charge on any atom is 0.272 e. The van der Waals surface area contributed by atoms with Gasteiger partial charge in [-0.05, 0) is 30.3 Å². The average molecular weight is 384 g/mol. The van der Waals surface area contributed by atoms with E-state index in [1.807, 2.05) is 54.7 Å². The van der Waals surface area contributed by atoms with Crippen LogP contribution < -0.4 is 10.2 Å². The number of carbonyl (C=O) groups is 1. The van der Waals surface area contributed by atoms with Gasteiger partial charge < -0.3 is 9.30 Å². The molecule has 29 heavy (non-hydrogen) atoms. The van der Waals surface area contributed by atoms with Crippen LogP contribution in [-0.4, -0.2) is 28.3 Å². The molecule has 0 aliphatic rings. The first-order chi connectivity index (χ1) is 14.3. The number of benzene rings is 2. The van der Waals surface area contributed by atoms with Crippen molar-refractivity contribution in [3.05, 3.63) is 96.4 Å². The first kappa shape index (κ1) is 18.4. The molecule has 6 nitrogen and oxygen atoms in total. The quantitative estimate of drug-likeness (QED) is 0.388. The molecule has 0 spiro atoms. The van der Waals surface area contributed by atoms with Gasteiger partial charge in [-0.3, -0.25) is 9.78 Å². The molecule has 6 heteroatoms. The summed E-state index contributed by atoms with van der Waals surface area (Å²) in [6, 6.07) is 21.2. The minimum absolute atomic E-state index is 0.297. The number of rotatable bonds is 7. The Bertz CT molecular complexity index is 1120. The van der Waals surface area contributed by atoms with Gasteiger partial charge in [0.1, 0.15) is 12.4 Å². The summed E-state index contributed by atoms with van der Waals surface area (Å²) in [4.78, 5) is 16.0. The maximum atomic E-state index is 12.1. The second kappa shape index (κ2) is 8.84. The number of hydrogen-bond donors (Lipinski definition) is 1. The zero-order valence-corrected chi connectivity index (χ0v) is 15.7. The summed E-state index contributed by atoms with van der Waals surface area (Å²) >= 11 is 0. The number of ether oxygens (including phenoxy) is 1. The Balaban J connectivity index is 1.46. The predicted octanol–water partition coefficient (Wildman–Crippen LogP) is 3.88. The normalized spacial score (nSPS) is 11.0. The number of fused-ring (bicyclic) bond motifs is 1. The zero-order chi connectivity index (χ0) is 19.9. The van der Waals surface area contributed by atoms with Gasteiger partial charge in [-0.15, -0.1) is 0 Å². The third-order valence-corrected chi connectivity index (χ3v) is 4.46. The van der Waals surface area contributed by atoms with E-state index in [0.29, 0.717) is 18.7 Å². The molecule has 0 radical (unpaired) electrons. The van der Waals surface area contributed by atoms with E-state index in [0.717, 1.165) is 22.2 Å². The smallest absolute Gasteiger partial charge is 0.272 e. The summed E-state index contributed by atoms with van der Waals surface area (Å²) in [6.45, 7) is 1.25. The van der Waals surface area contributed by atoms with E-state index >= 15 is 0 Å². The minimum Gasteiger partial charge on any atom is -0.492 e. The SMILES string of the molecule is O=C(N/N=C\c1cn(CCOc2ccccc2)c2ccccc12)c1cccnc1. The molecule has 2 aromatic carbocycles. The summed E-state index contributed by atoms with van der Waals surface area (Å²) < 4.78 is 7.94. The lowest BCUT2D eigenvalue weighted by molar-refractivity contribution is 0.0955. The Morgan fingerprint density at radius 1 is 1.07 bits per heavy atom. The molecule has 1 amide bonds. The topological polar surface area (TPSA) is 68.5 Å². The summed E-state index contributed by atoms with van der Waals surface area (Å²) in [7, 11) is 0. The molecular formula is C23H20N4O2. The molecule has 144 valence electrons. The summed E-state index contributed by atoms with van der Waals surface area (Å²) in [5.41, 5.74) is 5.02. The van der Waals surface area contributed by atoms with Gasteiger partial charge in [0.15, 0.2) is 0 Å². The van der Waals surface area contributed by atoms with Crippen LogP contribution in [-0.2, 0) is 6.54 Å². The first-order valence-electron chi connectivity index (χ1n) is 9.30. The van der Waals surface area contributed by atoms with Gasteiger partial charge in [0, 0.05) is 35.1 Å². The molecule has 0 fully saturated rings. The number of nitrogens with one attached hydrogen (secondary N) is 1. The maximum absolute atomic E-state index is 12.1. The van der Waals surface area contributed by atoms with Crippen molar-refractivity contribution in [3.8, 4) is 5.75 Å². The van der Waals surface area contributed by atoms with E-state index in [1.165, 1.54) is 6.20 Å². The van der Waals surface area contributed by atoms with Crippen LogP contribution in [0, 0.1) is 0 Å². The van der Waals surface area contributed by atoms with Crippen LogP contribution in [0.2, 0.25) is 0 Å². The molecule has 0 saturated carbocycles. The van der Waals surface area contributed by atoms with Crippen LogP contribution in [0.5, 0.6) is 5.75 Å². The standard InChI is InChI=1S/C23H20N4O2/c28-23(18-7-6-12-24-15-18)26-25-16-19-17-27(22-11-5-4-10-21(19)22)13-14-29-20-8-2-1-3-9-20/h1-12,15-17H,13-14H2,(H,26,28)/b25-16-. The Labute approximate surface area is 168 Å². The molecule has 4 rings (SSSR count). The highest BCUT2D eigenvalue weighted by atomic mass is 16.5. The number of amides is 1. The van der Waals surface area contributed by atoms with E-state index in [1.54, 1.807) is 24.5 Å². The van der Waals surface area contributed by atoms with Gasteiger partial charge >= 0.3 is 0 Å². The highest BCUT2D eigenvalue weighted by Crippen LogP contribution is 2.20. The average Bonchev–Trinajstić information content (AvgIpc) is 3.13. The molecular weight excluding hydrogens is 364 g/mol. The number of nitrogens with zero attached hydrogens (tertiary/aromatic N) is 3. The van der Waals surface area contributed by atoms with Gasteiger partial charge in [-0.25, -0.2) is 5.43 Å². The number of para-hydroxylation sites is 2. The van der Waals surface area contributed by atoms with Crippen LogP contribution in [0.1, 0.15) is 15.9 Å². The molecule has 0 bridgehead atoms. The van der Waals surface area contributed by atoms with Crippen molar-refractivity contribution in [3.63, 3.8) is 0 Å². The van der Waals surface area contributed by atoms with Gasteiger partial charge in [0.25, 0.3) is 5.91 Å². The highest BCUT2D eigenvalue weighted by Gasteiger charge is 2.07. The number of carbonyl (C=O) groups excluding carboxylic acids is 1. The molecule has 0 saturated heterocycles. The van der Waals surface area contributed by atoms with Crippen LogP contribution in [0.15, 0.2) is 90.4 Å². The fraction of sp³-hybridized carbons (Fsp3) is 0.0870. The molecule has 1 N–H and O–H groups in total. The second-order valence-corrected chi connectivity index (χ2v) is 6.40. The molecule has 0 aliphatic heterocycles.